The molecule has 1 saturated carbocycles. The lowest BCUT2D eigenvalue weighted by molar-refractivity contribution is 0.0627. The van der Waals surface area contributed by atoms with Crippen LogP contribution in [0, 0.1) is 12.8 Å². The molecular formula is C18H29N3. The van der Waals surface area contributed by atoms with Gasteiger partial charge in [0.2, 0.25) is 0 Å². The summed E-state index contributed by atoms with van der Waals surface area (Å²) in [7, 11) is 0. The fraction of sp³-hybridized carbons (Fsp3) is 0.722. The minimum absolute atomic E-state index is 0.312. The summed E-state index contributed by atoms with van der Waals surface area (Å²) in [5, 5.41) is 3.86. The average molecular weight is 287 g/mol. The third-order valence-electron chi connectivity index (χ3n) is 5.36. The highest BCUT2D eigenvalue weighted by atomic mass is 15.3. The lowest BCUT2D eigenvalue weighted by Crippen LogP contribution is -2.63. The molecule has 0 aromatic carbocycles. The van der Waals surface area contributed by atoms with Gasteiger partial charge in [-0.2, -0.15) is 0 Å². The zero-order valence-corrected chi connectivity index (χ0v) is 13.7. The number of piperazine rings is 1. The maximum atomic E-state index is 4.61. The van der Waals surface area contributed by atoms with E-state index >= 15 is 0 Å². The van der Waals surface area contributed by atoms with E-state index in [1.165, 1.54) is 43.5 Å². The summed E-state index contributed by atoms with van der Waals surface area (Å²) in [4.78, 5) is 7.30. The summed E-state index contributed by atoms with van der Waals surface area (Å²) >= 11 is 0. The first-order valence-electron chi connectivity index (χ1n) is 8.52. The first-order chi connectivity index (χ1) is 10.1. The van der Waals surface area contributed by atoms with Gasteiger partial charge >= 0.3 is 0 Å². The fourth-order valence-electron chi connectivity index (χ4n) is 3.76. The first kappa shape index (κ1) is 15.0. The lowest BCUT2D eigenvalue weighted by atomic mass is 9.89. The molecule has 0 amide bonds. The number of hydrogen-bond donors (Lipinski definition) is 1. The van der Waals surface area contributed by atoms with Crippen molar-refractivity contribution in [2.75, 3.05) is 13.1 Å². The van der Waals surface area contributed by atoms with Crippen LogP contribution in [0.5, 0.6) is 0 Å². The van der Waals surface area contributed by atoms with E-state index in [9.17, 15) is 0 Å². The second-order valence-electron chi connectivity index (χ2n) is 7.19. The lowest BCUT2D eigenvalue weighted by Gasteiger charge is -2.47. The van der Waals surface area contributed by atoms with Gasteiger partial charge in [-0.3, -0.25) is 9.88 Å². The molecule has 3 rings (SSSR count). The van der Waals surface area contributed by atoms with Crippen LogP contribution in [0.2, 0.25) is 0 Å². The summed E-state index contributed by atoms with van der Waals surface area (Å²) in [6.45, 7) is 10.2. The van der Waals surface area contributed by atoms with E-state index in [1.54, 1.807) is 0 Å². The molecule has 21 heavy (non-hydrogen) atoms. The minimum atomic E-state index is 0.312. The van der Waals surface area contributed by atoms with Crippen molar-refractivity contribution in [3.8, 4) is 0 Å². The number of nitrogens with zero attached hydrogens (tertiary/aromatic N) is 2. The molecule has 2 aliphatic rings. The van der Waals surface area contributed by atoms with Crippen molar-refractivity contribution in [3.63, 3.8) is 0 Å². The quantitative estimate of drug-likeness (QED) is 0.902. The number of nitrogens with one attached hydrogen (secondary N) is 1. The van der Waals surface area contributed by atoms with Crippen LogP contribution in [0.15, 0.2) is 18.3 Å². The highest BCUT2D eigenvalue weighted by Gasteiger charge is 2.45. The Labute approximate surface area is 129 Å². The van der Waals surface area contributed by atoms with E-state index in [0.29, 0.717) is 11.6 Å². The monoisotopic (exact) mass is 287 g/mol. The van der Waals surface area contributed by atoms with Gasteiger partial charge in [-0.05, 0) is 50.7 Å². The molecule has 116 valence electrons. The third kappa shape index (κ3) is 3.29. The van der Waals surface area contributed by atoms with E-state index in [0.717, 1.165) is 19.0 Å². The molecule has 1 aromatic rings. The van der Waals surface area contributed by atoms with Crippen LogP contribution in [0.4, 0.5) is 0 Å². The van der Waals surface area contributed by atoms with Gasteiger partial charge in [0.15, 0.2) is 0 Å². The van der Waals surface area contributed by atoms with Crippen LogP contribution in [0.1, 0.15) is 50.8 Å². The Bertz CT molecular complexity index is 483. The van der Waals surface area contributed by atoms with Crippen LogP contribution in [0.25, 0.3) is 0 Å². The Hall–Kier alpha value is -0.930. The van der Waals surface area contributed by atoms with E-state index in [4.69, 9.17) is 0 Å². The zero-order chi connectivity index (χ0) is 14.9. The molecule has 0 radical (unpaired) electrons. The van der Waals surface area contributed by atoms with Crippen LogP contribution >= 0.6 is 0 Å². The molecular weight excluding hydrogens is 258 g/mol. The third-order valence-corrected chi connectivity index (χ3v) is 5.36. The number of hydrogen-bond acceptors (Lipinski definition) is 3. The van der Waals surface area contributed by atoms with Crippen molar-refractivity contribution in [2.24, 2.45) is 5.92 Å². The summed E-state index contributed by atoms with van der Waals surface area (Å²) in [5.74, 6) is 0.882. The number of aryl methyl sites for hydroxylation is 1. The molecule has 0 bridgehead atoms. The normalized spacial score (nSPS) is 30.5. The maximum absolute atomic E-state index is 4.61. The predicted octanol–water partition coefficient (Wildman–Crippen LogP) is 3.13. The number of aromatic nitrogens is 1. The largest absolute Gasteiger partial charge is 0.308 e. The van der Waals surface area contributed by atoms with Gasteiger partial charge in [-0.1, -0.05) is 19.4 Å². The minimum Gasteiger partial charge on any atom is -0.308 e. The smallest absolute Gasteiger partial charge is 0.0573 e. The summed E-state index contributed by atoms with van der Waals surface area (Å²) in [6.07, 6.45) is 7.26. The first-order valence-corrected chi connectivity index (χ1v) is 8.52. The molecule has 1 saturated heterocycles. The van der Waals surface area contributed by atoms with Gasteiger partial charge in [0.25, 0.3) is 0 Å². The van der Waals surface area contributed by atoms with Gasteiger partial charge in [0.05, 0.1) is 5.69 Å². The second kappa shape index (κ2) is 6.05. The zero-order valence-electron chi connectivity index (χ0n) is 13.7. The van der Waals surface area contributed by atoms with E-state index in [2.05, 4.69) is 42.0 Å². The SMILES string of the molecule is CCCC1CNC(C)(C2CC2)CN1Cc1ncccc1C. The van der Waals surface area contributed by atoms with Crippen molar-refractivity contribution in [3.05, 3.63) is 29.6 Å². The fourth-order valence-corrected chi connectivity index (χ4v) is 3.76. The maximum Gasteiger partial charge on any atom is 0.0573 e. The predicted molar refractivity (Wildman–Crippen MR) is 87.2 cm³/mol. The van der Waals surface area contributed by atoms with Crippen molar-refractivity contribution < 1.29 is 0 Å². The highest BCUT2D eigenvalue weighted by molar-refractivity contribution is 5.18. The molecule has 1 aromatic heterocycles. The van der Waals surface area contributed by atoms with Gasteiger partial charge in [-0.15, -0.1) is 0 Å². The number of rotatable bonds is 5. The van der Waals surface area contributed by atoms with E-state index in [1.807, 2.05) is 12.3 Å². The van der Waals surface area contributed by atoms with E-state index in [-0.39, 0.29) is 0 Å². The van der Waals surface area contributed by atoms with Gasteiger partial charge in [0, 0.05) is 37.4 Å². The summed E-state index contributed by atoms with van der Waals surface area (Å²) in [6, 6.07) is 4.87. The molecule has 3 nitrogen and oxygen atoms in total. The molecule has 2 heterocycles. The van der Waals surface area contributed by atoms with Gasteiger partial charge < -0.3 is 5.32 Å². The van der Waals surface area contributed by atoms with Crippen LogP contribution < -0.4 is 5.32 Å². The van der Waals surface area contributed by atoms with Crippen molar-refractivity contribution >= 4 is 0 Å². The van der Waals surface area contributed by atoms with Gasteiger partial charge in [0.1, 0.15) is 0 Å². The number of pyridine rings is 1. The highest BCUT2D eigenvalue weighted by Crippen LogP contribution is 2.41. The Morgan fingerprint density at radius 1 is 1.43 bits per heavy atom. The van der Waals surface area contributed by atoms with Crippen molar-refractivity contribution in [2.45, 2.75) is 64.6 Å². The average Bonchev–Trinajstić information content (AvgIpc) is 3.30. The molecule has 1 N–H and O–H groups in total. The van der Waals surface area contributed by atoms with Crippen LogP contribution in [0.3, 0.4) is 0 Å². The molecule has 2 atom stereocenters. The standard InChI is InChI=1S/C18H29N3/c1-4-6-16-11-20-18(3,15-8-9-15)13-21(16)12-17-14(2)7-5-10-19-17/h5,7,10,15-16,20H,4,6,8-9,11-13H2,1-3H3. The molecule has 2 unspecified atom stereocenters. The van der Waals surface area contributed by atoms with Gasteiger partial charge in [-0.25, -0.2) is 0 Å². The molecule has 3 heteroatoms. The molecule has 0 spiro atoms. The van der Waals surface area contributed by atoms with Crippen LogP contribution in [-0.2, 0) is 6.54 Å². The molecule has 2 fully saturated rings. The van der Waals surface area contributed by atoms with Crippen molar-refractivity contribution in [1.29, 1.82) is 0 Å². The Morgan fingerprint density at radius 2 is 2.24 bits per heavy atom. The molecule has 1 aliphatic carbocycles. The van der Waals surface area contributed by atoms with Crippen LogP contribution in [-0.4, -0.2) is 34.6 Å². The Kier molecular flexibility index (Phi) is 4.32. The second-order valence-corrected chi connectivity index (χ2v) is 7.19. The summed E-state index contributed by atoms with van der Waals surface area (Å²) in [5.41, 5.74) is 2.88. The summed E-state index contributed by atoms with van der Waals surface area (Å²) < 4.78 is 0. The van der Waals surface area contributed by atoms with E-state index < -0.39 is 0 Å². The molecule has 1 aliphatic heterocycles. The Morgan fingerprint density at radius 3 is 2.90 bits per heavy atom. The topological polar surface area (TPSA) is 28.2 Å². The van der Waals surface area contributed by atoms with Crippen molar-refractivity contribution in [1.82, 2.24) is 15.2 Å². The Balaban J connectivity index is 1.75.